The molecule has 0 aromatic carbocycles. The lowest BCUT2D eigenvalue weighted by Crippen LogP contribution is -2.27. The van der Waals surface area contributed by atoms with Gasteiger partial charge in [0.25, 0.3) is 0 Å². The van der Waals surface area contributed by atoms with Crippen LogP contribution in [0, 0.1) is 13.8 Å². The minimum Gasteiger partial charge on any atom is -0.356 e. The number of hydrogen-bond acceptors (Lipinski definition) is 4. The Morgan fingerprint density at radius 2 is 2.14 bits per heavy atom. The highest BCUT2D eigenvalue weighted by Gasteiger charge is 2.10. The zero-order valence-corrected chi connectivity index (χ0v) is 13.7. The summed E-state index contributed by atoms with van der Waals surface area (Å²) in [4.78, 5) is 11.9. The lowest BCUT2D eigenvalue weighted by Gasteiger charge is -2.10. The molecule has 0 unspecified atom stereocenters. The van der Waals surface area contributed by atoms with Crippen LogP contribution in [-0.4, -0.2) is 37.4 Å². The fraction of sp³-hybridized carbons (Fsp3) is 0.600. The van der Waals surface area contributed by atoms with Crippen LogP contribution in [-0.2, 0) is 17.6 Å². The first-order valence-electron chi connectivity index (χ1n) is 7.64. The molecular formula is C15H24N6O. The molecule has 1 amide bonds. The van der Waals surface area contributed by atoms with Gasteiger partial charge in [0, 0.05) is 37.5 Å². The largest absolute Gasteiger partial charge is 0.356 e. The number of rotatable bonds is 7. The van der Waals surface area contributed by atoms with E-state index < -0.39 is 0 Å². The van der Waals surface area contributed by atoms with Gasteiger partial charge in [0.2, 0.25) is 5.91 Å². The number of hydrogen-bond donors (Lipinski definition) is 2. The Kier molecular flexibility index (Phi) is 5.30. The van der Waals surface area contributed by atoms with Crippen LogP contribution in [0.15, 0.2) is 6.33 Å². The summed E-state index contributed by atoms with van der Waals surface area (Å²) < 4.78 is 2.02. The second kappa shape index (κ2) is 7.20. The third-order valence-electron chi connectivity index (χ3n) is 3.82. The minimum atomic E-state index is 0.0377. The van der Waals surface area contributed by atoms with Gasteiger partial charge in [0.1, 0.15) is 12.2 Å². The predicted octanol–water partition coefficient (Wildman–Crippen LogP) is 1.49. The molecule has 0 spiro atoms. The number of H-pyrrole nitrogens is 1. The predicted molar refractivity (Wildman–Crippen MR) is 83.5 cm³/mol. The Bertz CT molecular complexity index is 628. The average molecular weight is 304 g/mol. The smallest absolute Gasteiger partial charge is 0.220 e. The van der Waals surface area contributed by atoms with Crippen LogP contribution in [0.25, 0.3) is 0 Å². The number of aromatic amines is 1. The Balaban J connectivity index is 1.74. The molecule has 2 aromatic heterocycles. The number of aromatic nitrogens is 5. The van der Waals surface area contributed by atoms with Crippen LogP contribution in [0.4, 0.5) is 0 Å². The van der Waals surface area contributed by atoms with Crippen LogP contribution in [0.1, 0.15) is 49.1 Å². The number of amides is 1. The highest BCUT2D eigenvalue weighted by Crippen LogP contribution is 2.10. The Hall–Kier alpha value is -2.18. The van der Waals surface area contributed by atoms with Crippen LogP contribution in [0.3, 0.4) is 0 Å². The molecule has 2 rings (SSSR count). The molecule has 0 atom stereocenters. The highest BCUT2D eigenvalue weighted by molar-refractivity contribution is 5.76. The van der Waals surface area contributed by atoms with Crippen molar-refractivity contribution in [1.82, 2.24) is 30.3 Å². The van der Waals surface area contributed by atoms with E-state index in [2.05, 4.69) is 39.6 Å². The Morgan fingerprint density at radius 3 is 2.77 bits per heavy atom. The number of carbonyl (C=O) groups is 1. The van der Waals surface area contributed by atoms with Crippen molar-refractivity contribution in [2.24, 2.45) is 0 Å². The standard InChI is InChI=1S/C15H24N6O/c1-10(2)21-9-17-20-14(21)7-8-16-15(22)6-5-13-11(3)12(4)18-19-13/h9-10H,5-8H2,1-4H3,(H,16,22)(H,18,19). The van der Waals surface area contributed by atoms with E-state index in [1.54, 1.807) is 6.33 Å². The summed E-state index contributed by atoms with van der Waals surface area (Å²) >= 11 is 0. The number of nitrogens with zero attached hydrogens (tertiary/aromatic N) is 4. The van der Waals surface area contributed by atoms with E-state index in [1.807, 2.05) is 18.4 Å². The zero-order valence-electron chi connectivity index (χ0n) is 13.7. The van der Waals surface area contributed by atoms with E-state index in [0.29, 0.717) is 31.8 Å². The SMILES string of the molecule is Cc1[nH]nc(CCC(=O)NCCc2nncn2C(C)C)c1C. The molecule has 0 aliphatic heterocycles. The molecule has 0 aliphatic carbocycles. The second-order valence-corrected chi connectivity index (χ2v) is 5.77. The molecule has 7 nitrogen and oxygen atoms in total. The fourth-order valence-corrected chi connectivity index (χ4v) is 2.29. The van der Waals surface area contributed by atoms with E-state index in [1.165, 1.54) is 0 Å². The summed E-state index contributed by atoms with van der Waals surface area (Å²) in [5.41, 5.74) is 3.16. The van der Waals surface area contributed by atoms with Gasteiger partial charge in [-0.3, -0.25) is 9.89 Å². The van der Waals surface area contributed by atoms with Gasteiger partial charge in [-0.05, 0) is 33.3 Å². The molecule has 0 saturated heterocycles. The van der Waals surface area contributed by atoms with E-state index in [0.717, 1.165) is 22.8 Å². The molecule has 2 aromatic rings. The number of carbonyl (C=O) groups excluding carboxylic acids is 1. The van der Waals surface area contributed by atoms with Crippen molar-refractivity contribution >= 4 is 5.91 Å². The zero-order chi connectivity index (χ0) is 16.1. The third kappa shape index (κ3) is 3.93. The van der Waals surface area contributed by atoms with Gasteiger partial charge in [-0.15, -0.1) is 10.2 Å². The van der Waals surface area contributed by atoms with Crippen LogP contribution in [0.2, 0.25) is 0 Å². The van der Waals surface area contributed by atoms with E-state index in [4.69, 9.17) is 0 Å². The quantitative estimate of drug-likeness (QED) is 0.811. The lowest BCUT2D eigenvalue weighted by atomic mass is 10.1. The Labute approximate surface area is 130 Å². The van der Waals surface area contributed by atoms with E-state index in [-0.39, 0.29) is 5.91 Å². The van der Waals surface area contributed by atoms with Crippen molar-refractivity contribution in [3.8, 4) is 0 Å². The maximum Gasteiger partial charge on any atom is 0.220 e. The molecule has 0 aliphatic rings. The summed E-state index contributed by atoms with van der Waals surface area (Å²) in [6, 6.07) is 0.326. The first kappa shape index (κ1) is 16.2. The topological polar surface area (TPSA) is 88.5 Å². The molecule has 0 radical (unpaired) electrons. The van der Waals surface area contributed by atoms with Gasteiger partial charge >= 0.3 is 0 Å². The Morgan fingerprint density at radius 1 is 1.36 bits per heavy atom. The van der Waals surface area contributed by atoms with Gasteiger partial charge < -0.3 is 9.88 Å². The fourth-order valence-electron chi connectivity index (χ4n) is 2.29. The van der Waals surface area contributed by atoms with Gasteiger partial charge in [-0.1, -0.05) is 0 Å². The average Bonchev–Trinajstić information content (AvgIpc) is 3.06. The summed E-state index contributed by atoms with van der Waals surface area (Å²) in [5, 5.41) is 18.1. The molecule has 7 heteroatoms. The number of nitrogens with one attached hydrogen (secondary N) is 2. The maximum absolute atomic E-state index is 11.9. The lowest BCUT2D eigenvalue weighted by molar-refractivity contribution is -0.121. The van der Waals surface area contributed by atoms with Crippen molar-refractivity contribution < 1.29 is 4.79 Å². The van der Waals surface area contributed by atoms with Gasteiger partial charge in [0.05, 0.1) is 5.69 Å². The molecule has 0 bridgehead atoms. The molecule has 0 fully saturated rings. The van der Waals surface area contributed by atoms with Crippen molar-refractivity contribution in [1.29, 1.82) is 0 Å². The maximum atomic E-state index is 11.9. The third-order valence-corrected chi connectivity index (χ3v) is 3.82. The van der Waals surface area contributed by atoms with Gasteiger partial charge in [-0.25, -0.2) is 0 Å². The molecule has 2 heterocycles. The first-order valence-corrected chi connectivity index (χ1v) is 7.64. The minimum absolute atomic E-state index is 0.0377. The second-order valence-electron chi connectivity index (χ2n) is 5.77. The molecule has 120 valence electrons. The monoisotopic (exact) mass is 304 g/mol. The van der Waals surface area contributed by atoms with Gasteiger partial charge in [0.15, 0.2) is 0 Å². The molecule has 22 heavy (non-hydrogen) atoms. The summed E-state index contributed by atoms with van der Waals surface area (Å²) in [7, 11) is 0. The van der Waals surface area contributed by atoms with Gasteiger partial charge in [-0.2, -0.15) is 5.10 Å². The van der Waals surface area contributed by atoms with Crippen LogP contribution in [0.5, 0.6) is 0 Å². The summed E-state index contributed by atoms with van der Waals surface area (Å²) in [6.45, 7) is 8.74. The van der Waals surface area contributed by atoms with Crippen LogP contribution < -0.4 is 5.32 Å². The van der Waals surface area contributed by atoms with Crippen molar-refractivity contribution in [3.63, 3.8) is 0 Å². The van der Waals surface area contributed by atoms with E-state index in [9.17, 15) is 4.79 Å². The highest BCUT2D eigenvalue weighted by atomic mass is 16.1. The normalized spacial score (nSPS) is 11.1. The van der Waals surface area contributed by atoms with Crippen molar-refractivity contribution in [3.05, 3.63) is 29.1 Å². The number of aryl methyl sites for hydroxylation is 2. The molecule has 2 N–H and O–H groups in total. The van der Waals surface area contributed by atoms with Crippen molar-refractivity contribution in [2.45, 2.75) is 53.0 Å². The van der Waals surface area contributed by atoms with Crippen LogP contribution >= 0.6 is 0 Å². The summed E-state index contributed by atoms with van der Waals surface area (Å²) in [6.07, 6.45) is 3.52. The van der Waals surface area contributed by atoms with Crippen molar-refractivity contribution in [2.75, 3.05) is 6.54 Å². The molecular weight excluding hydrogens is 280 g/mol. The molecule has 0 saturated carbocycles. The van der Waals surface area contributed by atoms with E-state index >= 15 is 0 Å². The first-order chi connectivity index (χ1) is 10.5. The summed E-state index contributed by atoms with van der Waals surface area (Å²) in [5.74, 6) is 0.935.